The van der Waals surface area contributed by atoms with E-state index in [1.807, 2.05) is 24.3 Å². The van der Waals surface area contributed by atoms with Gasteiger partial charge in [0.05, 0.1) is 12.7 Å². The molecule has 0 saturated carbocycles. The first-order valence-corrected chi connectivity index (χ1v) is 8.28. The summed E-state index contributed by atoms with van der Waals surface area (Å²) in [7, 11) is 1.50. The van der Waals surface area contributed by atoms with Gasteiger partial charge in [-0.2, -0.15) is 0 Å². The predicted molar refractivity (Wildman–Crippen MR) is 96.4 cm³/mol. The van der Waals surface area contributed by atoms with Crippen LogP contribution in [0.4, 0.5) is 0 Å². The Morgan fingerprint density at radius 1 is 1.12 bits per heavy atom. The van der Waals surface area contributed by atoms with Crippen LogP contribution >= 0.6 is 11.6 Å². The Morgan fingerprint density at radius 3 is 2.48 bits per heavy atom. The number of benzene rings is 2. The van der Waals surface area contributed by atoms with E-state index >= 15 is 0 Å². The third kappa shape index (κ3) is 5.80. The van der Waals surface area contributed by atoms with Crippen LogP contribution in [0.15, 0.2) is 42.5 Å². The van der Waals surface area contributed by atoms with Crippen molar-refractivity contribution in [1.29, 1.82) is 0 Å². The molecule has 0 heterocycles. The lowest BCUT2D eigenvalue weighted by molar-refractivity contribution is -0.121. The summed E-state index contributed by atoms with van der Waals surface area (Å²) in [6, 6.07) is 12.2. The number of halogens is 1. The van der Waals surface area contributed by atoms with Crippen LogP contribution in [-0.4, -0.2) is 30.6 Å². The number of hydrogen-bond acceptors (Lipinski definition) is 3. The number of rotatable bonds is 8. The van der Waals surface area contributed by atoms with E-state index in [2.05, 4.69) is 5.32 Å². The van der Waals surface area contributed by atoms with E-state index in [1.54, 1.807) is 6.07 Å². The lowest BCUT2D eigenvalue weighted by atomic mass is 10.1. The van der Waals surface area contributed by atoms with Crippen molar-refractivity contribution in [2.45, 2.75) is 19.3 Å². The number of methoxy groups -OCH3 is 1. The monoisotopic (exact) mass is 361 g/mol. The highest BCUT2D eigenvalue weighted by Gasteiger charge is 2.09. The van der Waals surface area contributed by atoms with Gasteiger partial charge in [0.25, 0.3) is 0 Å². The van der Waals surface area contributed by atoms with E-state index in [1.165, 1.54) is 19.2 Å². The van der Waals surface area contributed by atoms with E-state index in [9.17, 15) is 9.59 Å². The maximum atomic E-state index is 11.9. The molecule has 0 aliphatic heterocycles. The molecule has 2 rings (SSSR count). The quantitative estimate of drug-likeness (QED) is 0.756. The van der Waals surface area contributed by atoms with Crippen LogP contribution in [0.3, 0.4) is 0 Å². The minimum Gasteiger partial charge on any atom is -0.496 e. The van der Waals surface area contributed by atoms with Crippen molar-refractivity contribution in [2.24, 2.45) is 0 Å². The van der Waals surface area contributed by atoms with Crippen molar-refractivity contribution in [3.8, 4) is 5.75 Å². The second-order valence-corrected chi connectivity index (χ2v) is 5.99. The highest BCUT2D eigenvalue weighted by Crippen LogP contribution is 2.20. The van der Waals surface area contributed by atoms with E-state index in [0.29, 0.717) is 36.6 Å². The van der Waals surface area contributed by atoms with Gasteiger partial charge in [0.15, 0.2) is 0 Å². The van der Waals surface area contributed by atoms with Crippen LogP contribution in [0.1, 0.15) is 27.9 Å². The summed E-state index contributed by atoms with van der Waals surface area (Å²) in [5.41, 5.74) is 2.09. The number of carboxylic acid groups (broad SMARTS) is 1. The molecule has 0 fully saturated rings. The fourth-order valence-corrected chi connectivity index (χ4v) is 2.54. The fraction of sp³-hybridized carbons (Fsp3) is 0.263. The molecule has 0 bridgehead atoms. The molecular formula is C19H20ClNO4. The number of aryl methyl sites for hydroxylation is 1. The van der Waals surface area contributed by atoms with Gasteiger partial charge in [-0.25, -0.2) is 4.79 Å². The molecule has 2 aromatic rings. The molecule has 0 aromatic heterocycles. The molecule has 0 radical (unpaired) electrons. The summed E-state index contributed by atoms with van der Waals surface area (Å²) in [5.74, 6) is -0.522. The molecule has 0 atom stereocenters. The number of hydrogen-bond donors (Lipinski definition) is 2. The van der Waals surface area contributed by atoms with Crippen LogP contribution in [0.25, 0.3) is 0 Å². The summed E-state index contributed by atoms with van der Waals surface area (Å²) < 4.78 is 5.22. The highest BCUT2D eigenvalue weighted by molar-refractivity contribution is 6.30. The SMILES string of the molecule is COc1cc(C(=O)O)ccc1CCNC(=O)CCc1ccc(Cl)cc1. The van der Waals surface area contributed by atoms with E-state index < -0.39 is 5.97 Å². The van der Waals surface area contributed by atoms with Crippen molar-refractivity contribution in [3.05, 3.63) is 64.2 Å². The normalized spacial score (nSPS) is 10.3. The van der Waals surface area contributed by atoms with E-state index in [-0.39, 0.29) is 11.5 Å². The number of nitrogens with one attached hydrogen (secondary N) is 1. The van der Waals surface area contributed by atoms with Crippen molar-refractivity contribution in [3.63, 3.8) is 0 Å². The Bertz CT molecular complexity index is 744. The molecule has 132 valence electrons. The second kappa shape index (κ2) is 9.08. The summed E-state index contributed by atoms with van der Waals surface area (Å²) >= 11 is 5.83. The molecule has 0 spiro atoms. The minimum absolute atomic E-state index is 0.0314. The molecule has 0 aliphatic carbocycles. The third-order valence-electron chi connectivity index (χ3n) is 3.80. The Hall–Kier alpha value is -2.53. The molecule has 2 N–H and O–H groups in total. The van der Waals surface area contributed by atoms with Crippen molar-refractivity contribution < 1.29 is 19.4 Å². The summed E-state index contributed by atoms with van der Waals surface area (Å²) in [4.78, 5) is 22.9. The van der Waals surface area contributed by atoms with Crippen LogP contribution in [-0.2, 0) is 17.6 Å². The van der Waals surface area contributed by atoms with E-state index in [4.69, 9.17) is 21.4 Å². The Balaban J connectivity index is 1.80. The maximum absolute atomic E-state index is 11.9. The number of amides is 1. The first-order chi connectivity index (χ1) is 12.0. The van der Waals surface area contributed by atoms with Gasteiger partial charge in [-0.05, 0) is 48.2 Å². The van der Waals surface area contributed by atoms with Crippen LogP contribution < -0.4 is 10.1 Å². The van der Waals surface area contributed by atoms with Crippen LogP contribution in [0.5, 0.6) is 5.75 Å². The number of carbonyl (C=O) groups is 2. The zero-order chi connectivity index (χ0) is 18.2. The van der Waals surface area contributed by atoms with Crippen molar-refractivity contribution in [1.82, 2.24) is 5.32 Å². The molecular weight excluding hydrogens is 342 g/mol. The average Bonchev–Trinajstić information content (AvgIpc) is 2.61. The van der Waals surface area contributed by atoms with Gasteiger partial charge in [0, 0.05) is 18.0 Å². The zero-order valence-electron chi connectivity index (χ0n) is 13.9. The van der Waals surface area contributed by atoms with Gasteiger partial charge >= 0.3 is 5.97 Å². The highest BCUT2D eigenvalue weighted by atomic mass is 35.5. The molecule has 2 aromatic carbocycles. The van der Waals surface area contributed by atoms with Crippen LogP contribution in [0.2, 0.25) is 5.02 Å². The second-order valence-electron chi connectivity index (χ2n) is 5.56. The molecule has 0 saturated heterocycles. The third-order valence-corrected chi connectivity index (χ3v) is 4.06. The van der Waals surface area contributed by atoms with Gasteiger partial charge in [-0.3, -0.25) is 4.79 Å². The first-order valence-electron chi connectivity index (χ1n) is 7.91. The van der Waals surface area contributed by atoms with Gasteiger partial charge in [0.2, 0.25) is 5.91 Å². The van der Waals surface area contributed by atoms with Gasteiger partial charge in [-0.1, -0.05) is 29.8 Å². The zero-order valence-corrected chi connectivity index (χ0v) is 14.7. The predicted octanol–water partition coefficient (Wildman–Crippen LogP) is 3.34. The molecule has 25 heavy (non-hydrogen) atoms. The lowest BCUT2D eigenvalue weighted by Gasteiger charge is -2.10. The molecule has 5 nitrogen and oxygen atoms in total. The van der Waals surface area contributed by atoms with Gasteiger partial charge < -0.3 is 15.2 Å². The molecule has 1 amide bonds. The smallest absolute Gasteiger partial charge is 0.335 e. The number of ether oxygens (including phenoxy) is 1. The number of carbonyl (C=O) groups excluding carboxylic acids is 1. The Labute approximate surface area is 151 Å². The Morgan fingerprint density at radius 2 is 1.84 bits per heavy atom. The van der Waals surface area contributed by atoms with Crippen molar-refractivity contribution >= 4 is 23.5 Å². The molecule has 0 unspecified atom stereocenters. The fourth-order valence-electron chi connectivity index (χ4n) is 2.42. The van der Waals surface area contributed by atoms with E-state index in [0.717, 1.165) is 11.1 Å². The molecule has 6 heteroatoms. The minimum atomic E-state index is -1.000. The number of carboxylic acids is 1. The largest absolute Gasteiger partial charge is 0.496 e. The maximum Gasteiger partial charge on any atom is 0.335 e. The summed E-state index contributed by atoms with van der Waals surface area (Å²) in [5, 5.41) is 12.5. The van der Waals surface area contributed by atoms with Gasteiger partial charge in [0.1, 0.15) is 5.75 Å². The summed E-state index contributed by atoms with van der Waals surface area (Å²) in [6.07, 6.45) is 1.62. The van der Waals surface area contributed by atoms with Crippen molar-refractivity contribution in [2.75, 3.05) is 13.7 Å². The Kier molecular flexibility index (Phi) is 6.83. The topological polar surface area (TPSA) is 75.6 Å². The molecule has 0 aliphatic rings. The summed E-state index contributed by atoms with van der Waals surface area (Å²) in [6.45, 7) is 0.461. The average molecular weight is 362 g/mol. The first kappa shape index (κ1) is 18.8. The standard InChI is InChI=1S/C19H20ClNO4/c1-25-17-12-15(19(23)24)6-5-14(17)10-11-21-18(22)9-4-13-2-7-16(20)8-3-13/h2-3,5-8,12H,4,9-11H2,1H3,(H,21,22)(H,23,24). The number of aromatic carboxylic acids is 1. The van der Waals surface area contributed by atoms with Gasteiger partial charge in [-0.15, -0.1) is 0 Å². The van der Waals surface area contributed by atoms with Crippen LogP contribution in [0, 0.1) is 0 Å². The lowest BCUT2D eigenvalue weighted by Crippen LogP contribution is -2.26.